The third-order valence-electron chi connectivity index (χ3n) is 3.39. The number of rotatable bonds is 4. The van der Waals surface area contributed by atoms with Gasteiger partial charge in [-0.3, -0.25) is 4.79 Å². The highest BCUT2D eigenvalue weighted by molar-refractivity contribution is 6.33. The van der Waals surface area contributed by atoms with Gasteiger partial charge in [0.15, 0.2) is 0 Å². The summed E-state index contributed by atoms with van der Waals surface area (Å²) >= 11 is 6.24. The number of benzene rings is 1. The Hall–Kier alpha value is -2.58. The molecule has 1 heterocycles. The zero-order valence-corrected chi connectivity index (χ0v) is 14.7. The number of halogens is 1. The van der Waals surface area contributed by atoms with Gasteiger partial charge in [0, 0.05) is 12.6 Å². The van der Waals surface area contributed by atoms with Crippen LogP contribution in [0.15, 0.2) is 29.5 Å². The topological polar surface area (TPSA) is 94.2 Å². The number of hydrogen-bond acceptors (Lipinski definition) is 7. The Balaban J connectivity index is 2.57. The number of esters is 2. The molecule has 8 nitrogen and oxygen atoms in total. The molecule has 25 heavy (non-hydrogen) atoms. The van der Waals surface area contributed by atoms with Crippen molar-refractivity contribution in [2.45, 2.75) is 6.92 Å². The van der Waals surface area contributed by atoms with Crippen LogP contribution in [0.25, 0.3) is 0 Å². The lowest BCUT2D eigenvalue weighted by molar-refractivity contribution is -0.140. The molecule has 0 aromatic heterocycles. The van der Waals surface area contributed by atoms with Gasteiger partial charge in [-0.1, -0.05) is 11.6 Å². The molecule has 1 amide bonds. The van der Waals surface area contributed by atoms with Crippen LogP contribution in [0.5, 0.6) is 0 Å². The summed E-state index contributed by atoms with van der Waals surface area (Å²) in [5, 5.41) is 2.92. The number of methoxy groups -OCH3 is 2. The average molecular weight is 369 g/mol. The Labute approximate surface area is 149 Å². The third kappa shape index (κ3) is 4.09. The maximum absolute atomic E-state index is 12.3. The van der Waals surface area contributed by atoms with Crippen LogP contribution in [0.2, 0.25) is 5.02 Å². The molecule has 0 atom stereocenters. The number of carbonyl (C=O) groups excluding carboxylic acids is 3. The zero-order chi connectivity index (χ0) is 18.6. The summed E-state index contributed by atoms with van der Waals surface area (Å²) in [7, 11) is 2.40. The lowest BCUT2D eigenvalue weighted by atomic mass is 10.1. The lowest BCUT2D eigenvalue weighted by Crippen LogP contribution is -2.39. The molecule has 1 aromatic rings. The van der Waals surface area contributed by atoms with Crippen LogP contribution >= 0.6 is 11.6 Å². The molecule has 1 aliphatic rings. The van der Waals surface area contributed by atoms with E-state index in [-0.39, 0.29) is 30.5 Å². The molecule has 2 rings (SSSR count). The smallest absolute Gasteiger partial charge is 0.355 e. The first-order chi connectivity index (χ1) is 11.9. The number of amides is 1. The summed E-state index contributed by atoms with van der Waals surface area (Å²) in [4.78, 5) is 36.9. The highest BCUT2D eigenvalue weighted by Crippen LogP contribution is 2.34. The average Bonchev–Trinajstić information content (AvgIpc) is 2.60. The van der Waals surface area contributed by atoms with Gasteiger partial charge in [-0.25, -0.2) is 9.59 Å². The first kappa shape index (κ1) is 18.8. The molecule has 1 aromatic carbocycles. The number of anilines is 2. The Morgan fingerprint density at radius 3 is 2.48 bits per heavy atom. The molecule has 0 saturated heterocycles. The van der Waals surface area contributed by atoms with Gasteiger partial charge in [0.2, 0.25) is 5.91 Å². The van der Waals surface area contributed by atoms with Gasteiger partial charge < -0.3 is 24.4 Å². The Kier molecular flexibility index (Phi) is 6.00. The van der Waals surface area contributed by atoms with Crippen molar-refractivity contribution >= 4 is 40.8 Å². The van der Waals surface area contributed by atoms with Crippen LogP contribution in [-0.4, -0.2) is 45.4 Å². The summed E-state index contributed by atoms with van der Waals surface area (Å²) in [6.07, 6.45) is 0. The van der Waals surface area contributed by atoms with Crippen LogP contribution < -0.4 is 10.2 Å². The largest absolute Gasteiger partial charge is 0.466 e. The molecule has 0 unspecified atom stereocenters. The van der Waals surface area contributed by atoms with Crippen molar-refractivity contribution < 1.29 is 28.6 Å². The molecule has 0 aliphatic carbocycles. The van der Waals surface area contributed by atoms with E-state index in [9.17, 15) is 14.4 Å². The van der Waals surface area contributed by atoms with Crippen molar-refractivity contribution in [3.63, 3.8) is 0 Å². The normalized spacial score (nSPS) is 14.2. The van der Waals surface area contributed by atoms with E-state index < -0.39 is 11.9 Å². The van der Waals surface area contributed by atoms with Gasteiger partial charge in [0.05, 0.1) is 37.1 Å². The second-order valence-electron chi connectivity index (χ2n) is 5.06. The second kappa shape index (κ2) is 8.00. The van der Waals surface area contributed by atoms with Gasteiger partial charge in [-0.15, -0.1) is 0 Å². The third-order valence-corrected chi connectivity index (χ3v) is 3.71. The summed E-state index contributed by atoms with van der Waals surface area (Å²) in [6.45, 7) is 1.23. The van der Waals surface area contributed by atoms with Gasteiger partial charge in [-0.05, 0) is 18.2 Å². The molecule has 0 radical (unpaired) electrons. The molecule has 1 N–H and O–H groups in total. The summed E-state index contributed by atoms with van der Waals surface area (Å²) < 4.78 is 14.9. The predicted molar refractivity (Wildman–Crippen MR) is 90.1 cm³/mol. The van der Waals surface area contributed by atoms with Gasteiger partial charge in [0.25, 0.3) is 0 Å². The molecular formula is C16H17ClN2O6. The van der Waals surface area contributed by atoms with Gasteiger partial charge in [0.1, 0.15) is 12.4 Å². The zero-order valence-electron chi connectivity index (χ0n) is 13.9. The van der Waals surface area contributed by atoms with Crippen molar-refractivity contribution in [3.05, 3.63) is 34.5 Å². The molecule has 0 saturated carbocycles. The minimum absolute atomic E-state index is 0.0154. The van der Waals surface area contributed by atoms with Crippen molar-refractivity contribution in [1.82, 2.24) is 0 Å². The van der Waals surface area contributed by atoms with Crippen LogP contribution in [0.4, 0.5) is 11.4 Å². The number of carbonyl (C=O) groups is 3. The molecule has 134 valence electrons. The van der Waals surface area contributed by atoms with E-state index in [1.54, 1.807) is 18.2 Å². The molecular weight excluding hydrogens is 352 g/mol. The molecule has 9 heteroatoms. The van der Waals surface area contributed by atoms with E-state index in [0.717, 1.165) is 0 Å². The molecule has 0 fully saturated rings. The van der Waals surface area contributed by atoms with Crippen LogP contribution in [0.3, 0.4) is 0 Å². The molecule has 0 bridgehead atoms. The molecule has 1 aliphatic heterocycles. The number of hydrogen-bond donors (Lipinski definition) is 1. The van der Waals surface area contributed by atoms with E-state index in [1.807, 2.05) is 0 Å². The highest BCUT2D eigenvalue weighted by atomic mass is 35.5. The van der Waals surface area contributed by atoms with Gasteiger partial charge >= 0.3 is 11.9 Å². The summed E-state index contributed by atoms with van der Waals surface area (Å²) in [5.41, 5.74) is 0.833. The first-order valence-electron chi connectivity index (χ1n) is 7.21. The van der Waals surface area contributed by atoms with E-state index in [2.05, 4.69) is 5.32 Å². The Morgan fingerprint density at radius 1 is 1.20 bits per heavy atom. The molecule has 0 spiro atoms. The van der Waals surface area contributed by atoms with Crippen LogP contribution in [0, 0.1) is 0 Å². The number of nitrogens with one attached hydrogen (secondary N) is 1. The monoisotopic (exact) mass is 368 g/mol. The van der Waals surface area contributed by atoms with Crippen molar-refractivity contribution in [2.24, 2.45) is 0 Å². The SMILES string of the molecule is COC(=O)C1=C(C(=O)OC)N(c2cc(NC(C)=O)ccc2Cl)COC1. The summed E-state index contributed by atoms with van der Waals surface area (Å²) in [5.74, 6) is -1.70. The van der Waals surface area contributed by atoms with Crippen LogP contribution in [-0.2, 0) is 28.6 Å². The number of nitrogens with zero attached hydrogens (tertiary/aromatic N) is 1. The van der Waals surface area contributed by atoms with Crippen molar-refractivity contribution in [1.29, 1.82) is 0 Å². The fourth-order valence-corrected chi connectivity index (χ4v) is 2.55. The van der Waals surface area contributed by atoms with E-state index >= 15 is 0 Å². The first-order valence-corrected chi connectivity index (χ1v) is 7.59. The van der Waals surface area contributed by atoms with Crippen molar-refractivity contribution in [3.8, 4) is 0 Å². The van der Waals surface area contributed by atoms with Crippen LogP contribution in [0.1, 0.15) is 6.92 Å². The van der Waals surface area contributed by atoms with Crippen molar-refractivity contribution in [2.75, 3.05) is 37.8 Å². The Bertz CT molecular complexity index is 746. The highest BCUT2D eigenvalue weighted by Gasteiger charge is 2.33. The minimum atomic E-state index is -0.732. The fourth-order valence-electron chi connectivity index (χ4n) is 2.33. The van der Waals surface area contributed by atoms with E-state index in [4.69, 9.17) is 25.8 Å². The maximum Gasteiger partial charge on any atom is 0.355 e. The minimum Gasteiger partial charge on any atom is -0.466 e. The quantitative estimate of drug-likeness (QED) is 0.808. The van der Waals surface area contributed by atoms with E-state index in [1.165, 1.54) is 26.0 Å². The lowest BCUT2D eigenvalue weighted by Gasteiger charge is -2.32. The summed E-state index contributed by atoms with van der Waals surface area (Å²) in [6, 6.07) is 4.74. The standard InChI is InChI=1S/C16H17ClN2O6/c1-9(20)18-10-4-5-12(17)13(6-10)19-8-25-7-11(15(21)23-2)14(19)16(22)24-3/h4-6H,7-8H2,1-3H3,(H,18,20). The Morgan fingerprint density at radius 2 is 1.88 bits per heavy atom. The van der Waals surface area contributed by atoms with Gasteiger partial charge in [-0.2, -0.15) is 0 Å². The number of ether oxygens (including phenoxy) is 3. The predicted octanol–water partition coefficient (Wildman–Crippen LogP) is 1.69. The fraction of sp³-hybridized carbons (Fsp3) is 0.312. The van der Waals surface area contributed by atoms with E-state index in [0.29, 0.717) is 16.4 Å². The second-order valence-corrected chi connectivity index (χ2v) is 5.47. The maximum atomic E-state index is 12.3.